The Bertz CT molecular complexity index is 720. The van der Waals surface area contributed by atoms with Crippen LogP contribution in [0.25, 0.3) is 0 Å². The summed E-state index contributed by atoms with van der Waals surface area (Å²) in [6, 6.07) is 9.23. The van der Waals surface area contributed by atoms with Gasteiger partial charge in [-0.15, -0.1) is 0 Å². The molecular weight excluding hydrogens is 356 g/mol. The number of thiocarbonyl (C=S) groups is 1. The predicted molar refractivity (Wildman–Crippen MR) is 104 cm³/mol. The number of allylic oxidation sites excluding steroid dienone is 1. The summed E-state index contributed by atoms with van der Waals surface area (Å²) < 4.78 is 5.75. The number of hydrogen-bond donors (Lipinski definition) is 1. The van der Waals surface area contributed by atoms with Crippen molar-refractivity contribution in [2.24, 2.45) is 0 Å². The van der Waals surface area contributed by atoms with Gasteiger partial charge in [0.25, 0.3) is 5.91 Å². The molecule has 0 radical (unpaired) electrons. The molecule has 134 valence electrons. The van der Waals surface area contributed by atoms with Crippen molar-refractivity contribution in [2.75, 3.05) is 0 Å². The van der Waals surface area contributed by atoms with Gasteiger partial charge in [-0.2, -0.15) is 0 Å². The maximum Gasteiger partial charge on any atom is 0.409 e. The molecule has 1 atom stereocenters. The first-order chi connectivity index (χ1) is 11.6. The van der Waals surface area contributed by atoms with Crippen molar-refractivity contribution >= 4 is 40.3 Å². The van der Waals surface area contributed by atoms with Gasteiger partial charge in [-0.25, -0.2) is 4.79 Å². The molecule has 1 aliphatic rings. The Labute approximate surface area is 157 Å². The summed E-state index contributed by atoms with van der Waals surface area (Å²) in [6.07, 6.45) is -1.33. The van der Waals surface area contributed by atoms with Crippen LogP contribution in [0.1, 0.15) is 46.3 Å². The van der Waals surface area contributed by atoms with Gasteiger partial charge in [0, 0.05) is 0 Å². The highest BCUT2D eigenvalue weighted by Crippen LogP contribution is 2.37. The van der Waals surface area contributed by atoms with Gasteiger partial charge < -0.3 is 4.74 Å². The van der Waals surface area contributed by atoms with Crippen molar-refractivity contribution in [3.05, 3.63) is 46.4 Å². The van der Waals surface area contributed by atoms with Crippen molar-refractivity contribution in [1.82, 2.24) is 10.2 Å². The summed E-state index contributed by atoms with van der Waals surface area (Å²) in [5.74, 6) is -0.208. The Morgan fingerprint density at radius 2 is 1.84 bits per heavy atom. The Morgan fingerprint density at radius 3 is 2.32 bits per heavy atom. The van der Waals surface area contributed by atoms with Crippen LogP contribution in [0.5, 0.6) is 0 Å². The third kappa shape index (κ3) is 4.83. The molecule has 1 heterocycles. The van der Waals surface area contributed by atoms with Crippen molar-refractivity contribution in [3.63, 3.8) is 0 Å². The van der Waals surface area contributed by atoms with Crippen molar-refractivity contribution in [2.45, 2.75) is 46.4 Å². The average Bonchev–Trinajstić information content (AvgIpc) is 2.79. The summed E-state index contributed by atoms with van der Waals surface area (Å²) >= 11 is 6.64. The number of benzene rings is 1. The zero-order valence-electron chi connectivity index (χ0n) is 15.0. The number of alkyl carbamates (subject to hydrolysis) is 1. The molecule has 0 saturated carbocycles. The summed E-state index contributed by atoms with van der Waals surface area (Å²) in [5, 5.41) is 2.77. The normalized spacial score (nSPS) is 16.0. The van der Waals surface area contributed by atoms with E-state index in [2.05, 4.69) is 5.32 Å². The van der Waals surface area contributed by atoms with E-state index in [1.807, 2.05) is 44.2 Å². The van der Waals surface area contributed by atoms with Crippen LogP contribution in [0.2, 0.25) is 0 Å². The number of nitrogens with zero attached hydrogens (tertiary/aromatic N) is 1. The van der Waals surface area contributed by atoms with Gasteiger partial charge in [0.15, 0.2) is 0 Å². The van der Waals surface area contributed by atoms with Crippen molar-refractivity contribution < 1.29 is 14.3 Å². The van der Waals surface area contributed by atoms with E-state index < -0.39 is 17.9 Å². The molecule has 1 fully saturated rings. The Hall–Kier alpha value is -1.86. The number of nitrogens with one attached hydrogen (secondary N) is 1. The van der Waals surface area contributed by atoms with Crippen LogP contribution in [0.4, 0.5) is 4.79 Å². The number of carbonyl (C=O) groups excluding carboxylic acids is 2. The first-order valence-electron chi connectivity index (χ1n) is 7.87. The minimum absolute atomic E-state index is 0.208. The molecule has 0 bridgehead atoms. The van der Waals surface area contributed by atoms with Crippen LogP contribution in [0.3, 0.4) is 0 Å². The second-order valence-electron chi connectivity index (χ2n) is 6.83. The lowest BCUT2D eigenvalue weighted by Crippen LogP contribution is -2.45. The molecular formula is C18H22N2O3S2. The maximum absolute atomic E-state index is 12.8. The van der Waals surface area contributed by atoms with Crippen LogP contribution in [0.15, 0.2) is 40.8 Å². The molecule has 2 amide bonds. The van der Waals surface area contributed by atoms with Gasteiger partial charge in [-0.3, -0.25) is 15.0 Å². The Kier molecular flexibility index (Phi) is 5.90. The molecule has 1 aromatic rings. The smallest absolute Gasteiger partial charge is 0.409 e. The first-order valence-corrected chi connectivity index (χ1v) is 9.10. The van der Waals surface area contributed by atoms with Gasteiger partial charge in [-0.1, -0.05) is 59.9 Å². The quantitative estimate of drug-likeness (QED) is 0.625. The third-order valence-corrected chi connectivity index (χ3v) is 4.89. The zero-order chi connectivity index (χ0) is 18.8. The topological polar surface area (TPSA) is 58.6 Å². The molecule has 2 rings (SSSR count). The molecule has 7 heteroatoms. The van der Waals surface area contributed by atoms with Crippen molar-refractivity contribution in [1.29, 1.82) is 0 Å². The number of amides is 2. The van der Waals surface area contributed by atoms with Crippen LogP contribution in [-0.4, -0.2) is 26.8 Å². The number of thioether (sulfide) groups is 1. The highest BCUT2D eigenvalue weighted by atomic mass is 32.2. The largest absolute Gasteiger partial charge is 0.444 e. The van der Waals surface area contributed by atoms with E-state index in [0.29, 0.717) is 9.23 Å². The van der Waals surface area contributed by atoms with E-state index in [9.17, 15) is 9.59 Å². The monoisotopic (exact) mass is 378 g/mol. The second kappa shape index (κ2) is 7.58. The van der Waals surface area contributed by atoms with E-state index in [1.54, 1.807) is 20.8 Å². The van der Waals surface area contributed by atoms with Crippen molar-refractivity contribution in [3.8, 4) is 0 Å². The molecule has 1 saturated heterocycles. The summed E-state index contributed by atoms with van der Waals surface area (Å²) in [5.41, 5.74) is 1.00. The Balaban J connectivity index is 2.36. The van der Waals surface area contributed by atoms with E-state index in [-0.39, 0.29) is 5.91 Å². The number of hydrogen-bond acceptors (Lipinski definition) is 5. The number of ether oxygens (including phenoxy) is 1. The van der Waals surface area contributed by atoms with Gasteiger partial charge in [-0.05, 0) is 40.2 Å². The lowest BCUT2D eigenvalue weighted by atomic mass is 10.1. The SMILES string of the molecule is CC(C)=C1SC(=S)N(C(NC(=O)OC(C)(C)C)c2ccccc2)C1=O. The fraction of sp³-hybridized carbons (Fsp3) is 0.389. The zero-order valence-corrected chi connectivity index (χ0v) is 16.6. The fourth-order valence-corrected chi connectivity index (χ4v) is 3.55. The molecule has 0 aromatic heterocycles. The second-order valence-corrected chi connectivity index (χ2v) is 8.48. The molecule has 5 nitrogen and oxygen atoms in total. The molecule has 1 N–H and O–H groups in total. The van der Waals surface area contributed by atoms with E-state index in [1.165, 1.54) is 16.7 Å². The van der Waals surface area contributed by atoms with Gasteiger partial charge in [0.05, 0.1) is 4.91 Å². The molecule has 0 spiro atoms. The van der Waals surface area contributed by atoms with E-state index in [4.69, 9.17) is 17.0 Å². The first kappa shape index (κ1) is 19.5. The molecule has 1 aliphatic heterocycles. The summed E-state index contributed by atoms with van der Waals surface area (Å²) in [4.78, 5) is 27.1. The summed E-state index contributed by atoms with van der Waals surface area (Å²) in [6.45, 7) is 9.09. The average molecular weight is 379 g/mol. The van der Waals surface area contributed by atoms with E-state index in [0.717, 1.165) is 11.1 Å². The van der Waals surface area contributed by atoms with Crippen LogP contribution >= 0.6 is 24.0 Å². The van der Waals surface area contributed by atoms with Gasteiger partial charge in [0.1, 0.15) is 16.1 Å². The van der Waals surface area contributed by atoms with Gasteiger partial charge in [0.2, 0.25) is 0 Å². The molecule has 25 heavy (non-hydrogen) atoms. The van der Waals surface area contributed by atoms with E-state index >= 15 is 0 Å². The third-order valence-electron chi connectivity index (χ3n) is 3.28. The molecule has 0 aliphatic carbocycles. The highest BCUT2D eigenvalue weighted by molar-refractivity contribution is 8.26. The van der Waals surface area contributed by atoms with Crippen LogP contribution in [-0.2, 0) is 9.53 Å². The fourth-order valence-electron chi connectivity index (χ4n) is 2.26. The Morgan fingerprint density at radius 1 is 1.24 bits per heavy atom. The number of rotatable bonds is 3. The minimum Gasteiger partial charge on any atom is -0.444 e. The standard InChI is InChI=1S/C18H22N2O3S2/c1-11(2)13-15(21)20(17(24)25-13)14(12-9-7-6-8-10-12)19-16(22)23-18(3,4)5/h6-10,14H,1-5H3,(H,19,22). The maximum atomic E-state index is 12.8. The minimum atomic E-state index is -0.722. The highest BCUT2D eigenvalue weighted by Gasteiger charge is 2.39. The molecule has 1 unspecified atom stereocenters. The van der Waals surface area contributed by atoms with Gasteiger partial charge >= 0.3 is 6.09 Å². The molecule has 1 aromatic carbocycles. The van der Waals surface area contributed by atoms with Crippen LogP contribution < -0.4 is 5.32 Å². The lowest BCUT2D eigenvalue weighted by molar-refractivity contribution is -0.124. The summed E-state index contributed by atoms with van der Waals surface area (Å²) in [7, 11) is 0. The number of carbonyl (C=O) groups is 2. The lowest BCUT2D eigenvalue weighted by Gasteiger charge is -2.29. The predicted octanol–water partition coefficient (Wildman–Crippen LogP) is 4.36. The van der Waals surface area contributed by atoms with Crippen LogP contribution in [0, 0.1) is 0 Å².